The van der Waals surface area contributed by atoms with E-state index in [2.05, 4.69) is 13.8 Å². The summed E-state index contributed by atoms with van der Waals surface area (Å²) in [5, 5.41) is 0. The Balaban J connectivity index is 2.79. The van der Waals surface area contributed by atoms with Gasteiger partial charge in [0.05, 0.1) is 0 Å². The van der Waals surface area contributed by atoms with Crippen LogP contribution in [0, 0.1) is 12.7 Å². The van der Waals surface area contributed by atoms with Gasteiger partial charge in [-0.3, -0.25) is 0 Å². The van der Waals surface area contributed by atoms with Gasteiger partial charge in [-0.2, -0.15) is 0 Å². The highest BCUT2D eigenvalue weighted by molar-refractivity contribution is 5.27. The van der Waals surface area contributed by atoms with Gasteiger partial charge in [0.15, 0.2) is 0 Å². The van der Waals surface area contributed by atoms with Gasteiger partial charge in [0, 0.05) is 0 Å². The molecule has 0 aliphatic rings. The lowest BCUT2D eigenvalue weighted by Crippen LogP contribution is -1.99. The first kappa shape index (κ1) is 11.2. The van der Waals surface area contributed by atoms with Crippen molar-refractivity contribution in [2.75, 3.05) is 0 Å². The molecule has 1 aromatic carbocycles. The normalized spacial score (nSPS) is 12.9. The van der Waals surface area contributed by atoms with E-state index in [1.807, 2.05) is 25.1 Å². The van der Waals surface area contributed by atoms with Crippen LogP contribution < -0.4 is 0 Å². The first-order chi connectivity index (χ1) is 6.66. The fraction of sp³-hybridized carbons (Fsp3) is 0.538. The van der Waals surface area contributed by atoms with Crippen LogP contribution in [-0.2, 0) is 0 Å². The second-order valence-electron chi connectivity index (χ2n) is 4.02. The van der Waals surface area contributed by atoms with Crippen molar-refractivity contribution in [3.05, 3.63) is 35.1 Å². The van der Waals surface area contributed by atoms with Crippen LogP contribution in [0.15, 0.2) is 18.2 Å². The molecule has 0 amide bonds. The molecule has 1 heteroatoms. The summed E-state index contributed by atoms with van der Waals surface area (Å²) in [4.78, 5) is 0. The fourth-order valence-electron chi connectivity index (χ4n) is 1.72. The van der Waals surface area contributed by atoms with E-state index >= 15 is 0 Å². The monoisotopic (exact) mass is 194 g/mol. The van der Waals surface area contributed by atoms with Gasteiger partial charge in [-0.05, 0) is 30.4 Å². The van der Waals surface area contributed by atoms with E-state index in [1.165, 1.54) is 12.8 Å². The standard InChI is InChI=1S/C13H19F/c1-4-5-7-10(2)12-9-6-8-11(3)13(12)14/h6,8-10H,4-5,7H2,1-3H3. The Morgan fingerprint density at radius 1 is 1.36 bits per heavy atom. The molecule has 0 aliphatic carbocycles. The molecule has 0 fully saturated rings. The smallest absolute Gasteiger partial charge is 0.129 e. The van der Waals surface area contributed by atoms with Crippen LogP contribution in [0.4, 0.5) is 4.39 Å². The average molecular weight is 194 g/mol. The zero-order valence-electron chi connectivity index (χ0n) is 9.31. The molecular formula is C13H19F. The van der Waals surface area contributed by atoms with Gasteiger partial charge in [-0.15, -0.1) is 0 Å². The van der Waals surface area contributed by atoms with Gasteiger partial charge < -0.3 is 0 Å². The van der Waals surface area contributed by atoms with E-state index in [-0.39, 0.29) is 5.82 Å². The molecule has 78 valence electrons. The summed E-state index contributed by atoms with van der Waals surface area (Å²) in [6.07, 6.45) is 3.43. The molecule has 0 aromatic heterocycles. The number of rotatable bonds is 4. The molecule has 0 spiro atoms. The van der Waals surface area contributed by atoms with Crippen LogP contribution in [0.25, 0.3) is 0 Å². The molecule has 0 N–H and O–H groups in total. The zero-order chi connectivity index (χ0) is 10.6. The van der Waals surface area contributed by atoms with Crippen molar-refractivity contribution in [1.82, 2.24) is 0 Å². The molecule has 1 aromatic rings. The summed E-state index contributed by atoms with van der Waals surface area (Å²) in [5.74, 6) is 0.325. The molecular weight excluding hydrogens is 175 g/mol. The third-order valence-electron chi connectivity index (χ3n) is 2.74. The van der Waals surface area contributed by atoms with Crippen molar-refractivity contribution in [2.45, 2.75) is 46.0 Å². The van der Waals surface area contributed by atoms with E-state index in [0.717, 1.165) is 17.5 Å². The van der Waals surface area contributed by atoms with Crippen LogP contribution in [0.1, 0.15) is 50.2 Å². The summed E-state index contributed by atoms with van der Waals surface area (Å²) in [5.41, 5.74) is 1.63. The fourth-order valence-corrected chi connectivity index (χ4v) is 1.72. The second kappa shape index (κ2) is 5.14. The van der Waals surface area contributed by atoms with Crippen LogP contribution in [0.5, 0.6) is 0 Å². The Morgan fingerprint density at radius 2 is 2.07 bits per heavy atom. The minimum absolute atomic E-state index is 0.0175. The summed E-state index contributed by atoms with van der Waals surface area (Å²) < 4.78 is 13.7. The molecule has 0 heterocycles. The van der Waals surface area contributed by atoms with Crippen molar-refractivity contribution in [3.8, 4) is 0 Å². The van der Waals surface area contributed by atoms with Crippen molar-refractivity contribution in [3.63, 3.8) is 0 Å². The van der Waals surface area contributed by atoms with Gasteiger partial charge in [0.1, 0.15) is 5.82 Å². The van der Waals surface area contributed by atoms with Gasteiger partial charge in [0.25, 0.3) is 0 Å². The Labute approximate surface area is 86.2 Å². The number of hydrogen-bond donors (Lipinski definition) is 0. The van der Waals surface area contributed by atoms with E-state index in [9.17, 15) is 4.39 Å². The van der Waals surface area contributed by atoms with Gasteiger partial charge >= 0.3 is 0 Å². The maximum Gasteiger partial charge on any atom is 0.129 e. The number of benzene rings is 1. The van der Waals surface area contributed by atoms with E-state index in [1.54, 1.807) is 0 Å². The Bertz CT molecular complexity index is 291. The predicted octanol–water partition coefficient (Wildman–Crippen LogP) is 4.43. The second-order valence-corrected chi connectivity index (χ2v) is 4.02. The van der Waals surface area contributed by atoms with Crippen LogP contribution in [-0.4, -0.2) is 0 Å². The lowest BCUT2D eigenvalue weighted by Gasteiger charge is -2.13. The number of unbranched alkanes of at least 4 members (excludes halogenated alkanes) is 1. The molecule has 1 unspecified atom stereocenters. The van der Waals surface area contributed by atoms with E-state index < -0.39 is 0 Å². The summed E-state index contributed by atoms with van der Waals surface area (Å²) in [7, 11) is 0. The molecule has 1 atom stereocenters. The molecule has 14 heavy (non-hydrogen) atoms. The van der Waals surface area contributed by atoms with Gasteiger partial charge in [-0.1, -0.05) is 44.9 Å². The van der Waals surface area contributed by atoms with Gasteiger partial charge in [-0.25, -0.2) is 4.39 Å². The highest BCUT2D eigenvalue weighted by Crippen LogP contribution is 2.25. The average Bonchev–Trinajstić information content (AvgIpc) is 2.18. The maximum atomic E-state index is 13.7. The maximum absolute atomic E-state index is 13.7. The highest BCUT2D eigenvalue weighted by Gasteiger charge is 2.11. The van der Waals surface area contributed by atoms with Crippen LogP contribution in [0.2, 0.25) is 0 Å². The lowest BCUT2D eigenvalue weighted by molar-refractivity contribution is 0.554. The van der Waals surface area contributed by atoms with Crippen LogP contribution in [0.3, 0.4) is 0 Å². The molecule has 0 aliphatic heterocycles. The Hall–Kier alpha value is -0.850. The van der Waals surface area contributed by atoms with Crippen molar-refractivity contribution >= 4 is 0 Å². The van der Waals surface area contributed by atoms with E-state index in [4.69, 9.17) is 0 Å². The minimum atomic E-state index is -0.0175. The molecule has 0 radical (unpaired) electrons. The summed E-state index contributed by atoms with van der Waals surface area (Å²) >= 11 is 0. The van der Waals surface area contributed by atoms with Gasteiger partial charge in [0.2, 0.25) is 0 Å². The van der Waals surface area contributed by atoms with Crippen LogP contribution >= 0.6 is 0 Å². The molecule has 0 nitrogen and oxygen atoms in total. The predicted molar refractivity (Wildman–Crippen MR) is 59.1 cm³/mol. The third kappa shape index (κ3) is 2.57. The molecule has 0 bridgehead atoms. The summed E-state index contributed by atoms with van der Waals surface area (Å²) in [6, 6.07) is 5.67. The number of hydrogen-bond acceptors (Lipinski definition) is 0. The van der Waals surface area contributed by atoms with Crippen molar-refractivity contribution in [2.24, 2.45) is 0 Å². The third-order valence-corrected chi connectivity index (χ3v) is 2.74. The molecule has 0 saturated heterocycles. The quantitative estimate of drug-likeness (QED) is 0.665. The number of halogens is 1. The first-order valence-corrected chi connectivity index (χ1v) is 5.41. The van der Waals surface area contributed by atoms with Crippen molar-refractivity contribution < 1.29 is 4.39 Å². The SMILES string of the molecule is CCCCC(C)c1cccc(C)c1F. The van der Waals surface area contributed by atoms with E-state index in [0.29, 0.717) is 5.92 Å². The summed E-state index contributed by atoms with van der Waals surface area (Å²) in [6.45, 7) is 6.10. The topological polar surface area (TPSA) is 0 Å². The molecule has 0 saturated carbocycles. The molecule has 1 rings (SSSR count). The lowest BCUT2D eigenvalue weighted by atomic mass is 9.94. The zero-order valence-corrected chi connectivity index (χ0v) is 9.31. The highest BCUT2D eigenvalue weighted by atomic mass is 19.1. The minimum Gasteiger partial charge on any atom is -0.206 e. The number of aryl methyl sites for hydroxylation is 1. The Kier molecular flexibility index (Phi) is 4.12. The van der Waals surface area contributed by atoms with Crippen molar-refractivity contribution in [1.29, 1.82) is 0 Å². The Morgan fingerprint density at radius 3 is 2.71 bits per heavy atom. The largest absolute Gasteiger partial charge is 0.206 e. The first-order valence-electron chi connectivity index (χ1n) is 5.41.